The molecule has 0 radical (unpaired) electrons. The van der Waals surface area contributed by atoms with E-state index in [9.17, 15) is 18.8 Å². The fourth-order valence-corrected chi connectivity index (χ4v) is 3.56. The van der Waals surface area contributed by atoms with E-state index in [0.29, 0.717) is 38.8 Å². The second-order valence-electron chi connectivity index (χ2n) is 7.81. The Kier molecular flexibility index (Phi) is 8.19. The Morgan fingerprint density at radius 1 is 1.03 bits per heavy atom. The zero-order chi connectivity index (χ0) is 22.9. The van der Waals surface area contributed by atoms with Crippen LogP contribution in [-0.2, 0) is 20.8 Å². The number of hydrazine groups is 1. The lowest BCUT2D eigenvalue weighted by Crippen LogP contribution is -2.51. The lowest BCUT2D eigenvalue weighted by molar-refractivity contribution is -0.137. The number of nitrogens with one attached hydrogen (secondary N) is 2. The Bertz CT molecular complexity index is 930. The normalized spacial score (nSPS) is 15.0. The minimum Gasteiger partial charge on any atom is -0.478 e. The number of benzene rings is 2. The van der Waals surface area contributed by atoms with E-state index in [2.05, 4.69) is 10.9 Å². The SMILES string of the molecule is CC(Oc1ccccc1F)C(=O)NNC(=O)C1CCN(C(=O)CCc2ccccc2)CC1. The minimum atomic E-state index is -0.990. The van der Waals surface area contributed by atoms with Crippen LogP contribution in [0.4, 0.5) is 4.39 Å². The molecule has 3 amide bonds. The van der Waals surface area contributed by atoms with Crippen LogP contribution in [0, 0.1) is 11.7 Å². The van der Waals surface area contributed by atoms with Crippen molar-refractivity contribution in [3.05, 3.63) is 66.0 Å². The summed E-state index contributed by atoms with van der Waals surface area (Å²) in [6.45, 7) is 2.48. The van der Waals surface area contributed by atoms with Crippen molar-refractivity contribution in [1.82, 2.24) is 15.8 Å². The number of carbonyl (C=O) groups is 3. The van der Waals surface area contributed by atoms with Crippen molar-refractivity contribution in [3.8, 4) is 5.75 Å². The molecule has 1 aliphatic rings. The molecule has 1 aliphatic heterocycles. The molecule has 1 heterocycles. The summed E-state index contributed by atoms with van der Waals surface area (Å²) >= 11 is 0. The number of amides is 3. The molecule has 0 aromatic heterocycles. The molecule has 7 nitrogen and oxygen atoms in total. The summed E-state index contributed by atoms with van der Waals surface area (Å²) < 4.78 is 18.9. The molecule has 0 bridgehead atoms. The van der Waals surface area contributed by atoms with Crippen LogP contribution in [0.15, 0.2) is 54.6 Å². The maximum absolute atomic E-state index is 13.6. The molecular weight excluding hydrogens is 413 g/mol. The van der Waals surface area contributed by atoms with E-state index in [-0.39, 0.29) is 23.5 Å². The van der Waals surface area contributed by atoms with Gasteiger partial charge < -0.3 is 9.64 Å². The predicted octanol–water partition coefficient (Wildman–Crippen LogP) is 2.61. The number of piperidine rings is 1. The highest BCUT2D eigenvalue weighted by Gasteiger charge is 2.28. The highest BCUT2D eigenvalue weighted by atomic mass is 19.1. The molecule has 0 spiro atoms. The van der Waals surface area contributed by atoms with Gasteiger partial charge in [-0.2, -0.15) is 0 Å². The van der Waals surface area contributed by atoms with Gasteiger partial charge in [0.1, 0.15) is 0 Å². The van der Waals surface area contributed by atoms with E-state index >= 15 is 0 Å². The zero-order valence-corrected chi connectivity index (χ0v) is 18.1. The summed E-state index contributed by atoms with van der Waals surface area (Å²) in [6, 6.07) is 15.6. The summed E-state index contributed by atoms with van der Waals surface area (Å²) in [7, 11) is 0. The number of carbonyl (C=O) groups excluding carboxylic acids is 3. The molecule has 2 aromatic carbocycles. The summed E-state index contributed by atoms with van der Waals surface area (Å²) in [4.78, 5) is 38.8. The van der Waals surface area contributed by atoms with Crippen molar-refractivity contribution in [2.75, 3.05) is 13.1 Å². The summed E-state index contributed by atoms with van der Waals surface area (Å²) in [6.07, 6.45) is 1.20. The topological polar surface area (TPSA) is 87.7 Å². The van der Waals surface area contributed by atoms with Crippen LogP contribution in [0.3, 0.4) is 0 Å². The molecule has 0 aliphatic carbocycles. The number of ether oxygens (including phenoxy) is 1. The van der Waals surface area contributed by atoms with Crippen LogP contribution in [0.5, 0.6) is 5.75 Å². The second-order valence-corrected chi connectivity index (χ2v) is 7.81. The number of halogens is 1. The monoisotopic (exact) mass is 441 g/mol. The number of rotatable bonds is 7. The van der Waals surface area contributed by atoms with E-state index in [4.69, 9.17) is 4.74 Å². The first kappa shape index (κ1) is 23.2. The Labute approximate surface area is 186 Å². The minimum absolute atomic E-state index is 0.0363. The van der Waals surface area contributed by atoms with Crippen molar-refractivity contribution in [2.24, 2.45) is 5.92 Å². The van der Waals surface area contributed by atoms with Crippen LogP contribution >= 0.6 is 0 Å². The Balaban J connectivity index is 1.37. The van der Waals surface area contributed by atoms with Gasteiger partial charge in [0.2, 0.25) is 11.8 Å². The molecule has 1 unspecified atom stereocenters. The van der Waals surface area contributed by atoms with Crippen molar-refractivity contribution in [1.29, 1.82) is 0 Å². The lowest BCUT2D eigenvalue weighted by atomic mass is 9.95. The molecule has 1 fully saturated rings. The number of hydrogen-bond donors (Lipinski definition) is 2. The highest BCUT2D eigenvalue weighted by Crippen LogP contribution is 2.19. The van der Waals surface area contributed by atoms with Gasteiger partial charge in [-0.25, -0.2) is 4.39 Å². The zero-order valence-electron chi connectivity index (χ0n) is 18.1. The Morgan fingerprint density at radius 3 is 2.38 bits per heavy atom. The molecule has 2 aromatic rings. The maximum atomic E-state index is 13.6. The van der Waals surface area contributed by atoms with Crippen LogP contribution in [0.2, 0.25) is 0 Å². The number of nitrogens with zero attached hydrogens (tertiary/aromatic N) is 1. The third-order valence-electron chi connectivity index (χ3n) is 5.51. The first-order chi connectivity index (χ1) is 15.4. The van der Waals surface area contributed by atoms with Crippen molar-refractivity contribution in [2.45, 2.75) is 38.7 Å². The third-order valence-corrected chi connectivity index (χ3v) is 5.51. The third kappa shape index (κ3) is 6.54. The average molecular weight is 442 g/mol. The number of hydrogen-bond acceptors (Lipinski definition) is 4. The Hall–Kier alpha value is -3.42. The van der Waals surface area contributed by atoms with E-state index in [0.717, 1.165) is 5.56 Å². The molecule has 170 valence electrons. The maximum Gasteiger partial charge on any atom is 0.279 e. The van der Waals surface area contributed by atoms with Gasteiger partial charge in [0.15, 0.2) is 17.7 Å². The van der Waals surface area contributed by atoms with Crippen molar-refractivity contribution < 1.29 is 23.5 Å². The van der Waals surface area contributed by atoms with Crippen LogP contribution in [-0.4, -0.2) is 41.8 Å². The van der Waals surface area contributed by atoms with Crippen LogP contribution in [0.25, 0.3) is 0 Å². The van der Waals surface area contributed by atoms with Crippen LogP contribution < -0.4 is 15.6 Å². The van der Waals surface area contributed by atoms with E-state index in [1.807, 2.05) is 30.3 Å². The predicted molar refractivity (Wildman–Crippen MR) is 117 cm³/mol. The largest absolute Gasteiger partial charge is 0.478 e. The quantitative estimate of drug-likeness (QED) is 0.647. The molecule has 3 rings (SSSR count). The molecule has 32 heavy (non-hydrogen) atoms. The van der Waals surface area contributed by atoms with Gasteiger partial charge in [0, 0.05) is 25.4 Å². The fraction of sp³-hybridized carbons (Fsp3) is 0.375. The number of para-hydroxylation sites is 1. The summed E-state index contributed by atoms with van der Waals surface area (Å²) in [5.41, 5.74) is 5.86. The first-order valence-corrected chi connectivity index (χ1v) is 10.8. The van der Waals surface area contributed by atoms with E-state index in [1.165, 1.54) is 25.1 Å². The molecule has 2 N–H and O–H groups in total. The van der Waals surface area contributed by atoms with Gasteiger partial charge >= 0.3 is 0 Å². The summed E-state index contributed by atoms with van der Waals surface area (Å²) in [5.74, 6) is -1.72. The fourth-order valence-electron chi connectivity index (χ4n) is 3.56. The van der Waals surface area contributed by atoms with Gasteiger partial charge in [-0.15, -0.1) is 0 Å². The second kappa shape index (κ2) is 11.3. The smallest absolute Gasteiger partial charge is 0.279 e. The molecular formula is C24H28FN3O4. The van der Waals surface area contributed by atoms with Crippen LogP contribution in [0.1, 0.15) is 31.7 Å². The van der Waals surface area contributed by atoms with Crippen molar-refractivity contribution in [3.63, 3.8) is 0 Å². The lowest BCUT2D eigenvalue weighted by Gasteiger charge is -2.31. The number of likely N-dealkylation sites (tertiary alicyclic amines) is 1. The van der Waals surface area contributed by atoms with Crippen molar-refractivity contribution >= 4 is 17.7 Å². The van der Waals surface area contributed by atoms with Gasteiger partial charge in [0.05, 0.1) is 0 Å². The summed E-state index contributed by atoms with van der Waals surface area (Å²) in [5, 5.41) is 0. The first-order valence-electron chi connectivity index (χ1n) is 10.8. The van der Waals surface area contributed by atoms with E-state index in [1.54, 1.807) is 11.0 Å². The van der Waals surface area contributed by atoms with Gasteiger partial charge in [-0.3, -0.25) is 25.2 Å². The standard InChI is InChI=1S/C24H28FN3O4/c1-17(32-21-10-6-5-9-20(21)25)23(30)26-27-24(31)19-13-15-28(16-14-19)22(29)12-11-18-7-3-2-4-8-18/h2-10,17,19H,11-16H2,1H3,(H,26,30)(H,27,31). The number of aryl methyl sites for hydroxylation is 1. The molecule has 8 heteroatoms. The van der Waals surface area contributed by atoms with Gasteiger partial charge in [-0.1, -0.05) is 42.5 Å². The van der Waals surface area contributed by atoms with Gasteiger partial charge in [0.25, 0.3) is 5.91 Å². The van der Waals surface area contributed by atoms with E-state index < -0.39 is 17.8 Å². The highest BCUT2D eigenvalue weighted by molar-refractivity contribution is 5.85. The molecule has 1 saturated heterocycles. The molecule has 1 atom stereocenters. The Morgan fingerprint density at radius 2 is 1.69 bits per heavy atom. The molecule has 0 saturated carbocycles. The average Bonchev–Trinajstić information content (AvgIpc) is 2.83. The van der Waals surface area contributed by atoms with Gasteiger partial charge in [-0.05, 0) is 43.9 Å².